The third-order valence-electron chi connectivity index (χ3n) is 1.92. The normalized spacial score (nSPS) is 11.3. The summed E-state index contributed by atoms with van der Waals surface area (Å²) in [5, 5.41) is 22.5. The predicted octanol–water partition coefficient (Wildman–Crippen LogP) is 1.06. The van der Waals surface area contributed by atoms with E-state index < -0.39 is 0 Å². The average molecular weight is 219 g/mol. The molecule has 0 saturated heterocycles. The van der Waals surface area contributed by atoms with Gasteiger partial charge in [0.1, 0.15) is 0 Å². The number of nitrogens with one attached hydrogen (secondary N) is 2. The van der Waals surface area contributed by atoms with Crippen molar-refractivity contribution in [2.75, 3.05) is 11.9 Å². The molecule has 84 valence electrons. The van der Waals surface area contributed by atoms with Crippen LogP contribution in [0.2, 0.25) is 0 Å². The summed E-state index contributed by atoms with van der Waals surface area (Å²) in [4.78, 5) is 11.3. The van der Waals surface area contributed by atoms with Gasteiger partial charge in [0.25, 0.3) is 0 Å². The van der Waals surface area contributed by atoms with Crippen molar-refractivity contribution in [1.29, 1.82) is 5.26 Å². The van der Waals surface area contributed by atoms with Crippen LogP contribution in [-0.4, -0.2) is 23.8 Å². The van der Waals surface area contributed by atoms with E-state index in [0.29, 0.717) is 11.3 Å². The molecule has 1 rings (SSSR count). The van der Waals surface area contributed by atoms with Crippen LogP contribution >= 0.6 is 0 Å². The molecule has 0 spiro atoms. The molecule has 1 aromatic carbocycles. The molecule has 0 aliphatic heterocycles. The molecule has 5 heteroatoms. The van der Waals surface area contributed by atoms with Crippen LogP contribution in [0.15, 0.2) is 24.3 Å². The second-order valence-electron chi connectivity index (χ2n) is 3.37. The van der Waals surface area contributed by atoms with E-state index in [1.165, 1.54) is 0 Å². The van der Waals surface area contributed by atoms with Crippen LogP contribution in [0.25, 0.3) is 0 Å². The number of benzene rings is 1. The topological polar surface area (TPSA) is 85.2 Å². The van der Waals surface area contributed by atoms with Crippen molar-refractivity contribution in [3.8, 4) is 6.07 Å². The van der Waals surface area contributed by atoms with Crippen molar-refractivity contribution < 1.29 is 9.90 Å². The van der Waals surface area contributed by atoms with Crippen LogP contribution in [0, 0.1) is 11.3 Å². The van der Waals surface area contributed by atoms with E-state index in [0.717, 1.165) is 0 Å². The van der Waals surface area contributed by atoms with Crippen LogP contribution in [-0.2, 0) is 0 Å². The molecule has 0 heterocycles. The molecule has 0 unspecified atom stereocenters. The number of anilines is 1. The van der Waals surface area contributed by atoms with Gasteiger partial charge in [-0.05, 0) is 31.2 Å². The highest BCUT2D eigenvalue weighted by Gasteiger charge is 2.05. The molecule has 3 N–H and O–H groups in total. The number of urea groups is 1. The van der Waals surface area contributed by atoms with Gasteiger partial charge >= 0.3 is 6.03 Å². The Kier molecular flexibility index (Phi) is 4.30. The maximum absolute atomic E-state index is 11.3. The van der Waals surface area contributed by atoms with Crippen LogP contribution in [0.1, 0.15) is 12.5 Å². The van der Waals surface area contributed by atoms with Gasteiger partial charge in [0.05, 0.1) is 24.3 Å². The van der Waals surface area contributed by atoms with Crippen molar-refractivity contribution in [3.05, 3.63) is 29.8 Å². The molecular weight excluding hydrogens is 206 g/mol. The van der Waals surface area contributed by atoms with Gasteiger partial charge < -0.3 is 15.7 Å². The first kappa shape index (κ1) is 12.0. The van der Waals surface area contributed by atoms with Crippen LogP contribution in [0.4, 0.5) is 10.5 Å². The van der Waals surface area contributed by atoms with Crippen molar-refractivity contribution in [1.82, 2.24) is 5.32 Å². The van der Waals surface area contributed by atoms with E-state index in [4.69, 9.17) is 10.4 Å². The number of aliphatic hydroxyl groups is 1. The summed E-state index contributed by atoms with van der Waals surface area (Å²) >= 11 is 0. The summed E-state index contributed by atoms with van der Waals surface area (Å²) in [6, 6.07) is 7.82. The predicted molar refractivity (Wildman–Crippen MR) is 59.9 cm³/mol. The Labute approximate surface area is 93.7 Å². The Balaban J connectivity index is 2.53. The second kappa shape index (κ2) is 5.73. The highest BCUT2D eigenvalue weighted by molar-refractivity contribution is 5.89. The fourth-order valence-electron chi connectivity index (χ4n) is 1.06. The summed E-state index contributed by atoms with van der Waals surface area (Å²) in [5.41, 5.74) is 1.14. The number of carbonyl (C=O) groups is 1. The van der Waals surface area contributed by atoms with E-state index in [2.05, 4.69) is 10.6 Å². The van der Waals surface area contributed by atoms with Crippen molar-refractivity contribution in [2.45, 2.75) is 13.0 Å². The Morgan fingerprint density at radius 1 is 1.50 bits per heavy atom. The molecule has 1 aromatic rings. The first-order valence-corrected chi connectivity index (χ1v) is 4.84. The number of amides is 2. The van der Waals surface area contributed by atoms with E-state index in [-0.39, 0.29) is 18.7 Å². The number of rotatable bonds is 3. The molecule has 0 bridgehead atoms. The number of hydrogen-bond donors (Lipinski definition) is 3. The van der Waals surface area contributed by atoms with Gasteiger partial charge in [-0.3, -0.25) is 0 Å². The summed E-state index contributed by atoms with van der Waals surface area (Å²) in [5.74, 6) is 0. The van der Waals surface area contributed by atoms with E-state index in [1.54, 1.807) is 31.2 Å². The highest BCUT2D eigenvalue weighted by atomic mass is 16.3. The minimum Gasteiger partial charge on any atom is -0.394 e. The average Bonchev–Trinajstić information content (AvgIpc) is 2.29. The number of hydrogen-bond acceptors (Lipinski definition) is 3. The van der Waals surface area contributed by atoms with Gasteiger partial charge in [-0.1, -0.05) is 0 Å². The van der Waals surface area contributed by atoms with Gasteiger partial charge in [0, 0.05) is 5.69 Å². The third kappa shape index (κ3) is 3.59. The second-order valence-corrected chi connectivity index (χ2v) is 3.37. The lowest BCUT2D eigenvalue weighted by molar-refractivity contribution is 0.229. The minimum atomic E-state index is -0.383. The monoisotopic (exact) mass is 219 g/mol. The Morgan fingerprint density at radius 2 is 2.12 bits per heavy atom. The lowest BCUT2D eigenvalue weighted by Crippen LogP contribution is -2.38. The zero-order chi connectivity index (χ0) is 12.0. The largest absolute Gasteiger partial charge is 0.394 e. The fraction of sp³-hybridized carbons (Fsp3) is 0.273. The van der Waals surface area contributed by atoms with Crippen molar-refractivity contribution >= 4 is 11.7 Å². The maximum Gasteiger partial charge on any atom is 0.319 e. The molecule has 0 fully saturated rings. The lowest BCUT2D eigenvalue weighted by Gasteiger charge is -2.11. The van der Waals surface area contributed by atoms with Crippen LogP contribution in [0.3, 0.4) is 0 Å². The first-order valence-electron chi connectivity index (χ1n) is 4.84. The third-order valence-corrected chi connectivity index (χ3v) is 1.92. The van der Waals surface area contributed by atoms with Gasteiger partial charge in [-0.15, -0.1) is 0 Å². The standard InChI is InChI=1S/C11H13N3O2/c1-8(7-15)13-11(16)14-10-4-2-9(6-12)3-5-10/h2-5,8,15H,7H2,1H3,(H2,13,14,16)/t8-/m1/s1. The zero-order valence-corrected chi connectivity index (χ0v) is 8.90. The molecule has 0 aliphatic carbocycles. The zero-order valence-electron chi connectivity index (χ0n) is 8.90. The molecule has 0 saturated carbocycles. The molecule has 0 aliphatic rings. The van der Waals surface area contributed by atoms with Gasteiger partial charge in [-0.2, -0.15) is 5.26 Å². The summed E-state index contributed by atoms with van der Waals surface area (Å²) < 4.78 is 0. The number of nitriles is 1. The molecule has 5 nitrogen and oxygen atoms in total. The Hall–Kier alpha value is -2.06. The fourth-order valence-corrected chi connectivity index (χ4v) is 1.06. The molecule has 2 amide bonds. The first-order chi connectivity index (χ1) is 7.65. The van der Waals surface area contributed by atoms with Crippen LogP contribution in [0.5, 0.6) is 0 Å². The van der Waals surface area contributed by atoms with Crippen LogP contribution < -0.4 is 10.6 Å². The highest BCUT2D eigenvalue weighted by Crippen LogP contribution is 2.08. The van der Waals surface area contributed by atoms with E-state index >= 15 is 0 Å². The number of carbonyl (C=O) groups excluding carboxylic acids is 1. The molecule has 16 heavy (non-hydrogen) atoms. The van der Waals surface area contributed by atoms with Gasteiger partial charge in [0.15, 0.2) is 0 Å². The Morgan fingerprint density at radius 3 is 2.62 bits per heavy atom. The minimum absolute atomic E-state index is 0.110. The smallest absolute Gasteiger partial charge is 0.319 e. The van der Waals surface area contributed by atoms with Crippen molar-refractivity contribution in [3.63, 3.8) is 0 Å². The molecule has 0 radical (unpaired) electrons. The summed E-state index contributed by atoms with van der Waals surface area (Å²) in [7, 11) is 0. The van der Waals surface area contributed by atoms with E-state index in [9.17, 15) is 4.79 Å². The SMILES string of the molecule is C[C@H](CO)NC(=O)Nc1ccc(C#N)cc1. The summed E-state index contributed by atoms with van der Waals surface area (Å²) in [6.45, 7) is 1.58. The van der Waals surface area contributed by atoms with Gasteiger partial charge in [0.2, 0.25) is 0 Å². The summed E-state index contributed by atoms with van der Waals surface area (Å²) in [6.07, 6.45) is 0. The van der Waals surface area contributed by atoms with Gasteiger partial charge in [-0.25, -0.2) is 4.79 Å². The number of aliphatic hydroxyl groups excluding tert-OH is 1. The van der Waals surface area contributed by atoms with Crippen molar-refractivity contribution in [2.24, 2.45) is 0 Å². The lowest BCUT2D eigenvalue weighted by atomic mass is 10.2. The van der Waals surface area contributed by atoms with E-state index in [1.807, 2.05) is 6.07 Å². The molecule has 0 aromatic heterocycles. The number of nitrogens with zero attached hydrogens (tertiary/aromatic N) is 1. The molecule has 1 atom stereocenters. The quantitative estimate of drug-likeness (QED) is 0.710. The maximum atomic E-state index is 11.3. The Bertz CT molecular complexity index is 395. The molecular formula is C11H13N3O2.